The molecule has 8 heteroatoms. The summed E-state index contributed by atoms with van der Waals surface area (Å²) in [6, 6.07) is 12.2. The van der Waals surface area contributed by atoms with Crippen LogP contribution in [0.1, 0.15) is 31.7 Å². The van der Waals surface area contributed by atoms with E-state index in [2.05, 4.69) is 21.4 Å². The second-order valence-electron chi connectivity index (χ2n) is 7.49. The number of hydrogen-bond donors (Lipinski definition) is 2. The van der Waals surface area contributed by atoms with Gasteiger partial charge >= 0.3 is 0 Å². The van der Waals surface area contributed by atoms with E-state index in [9.17, 15) is 10.1 Å². The van der Waals surface area contributed by atoms with E-state index in [-0.39, 0.29) is 17.5 Å². The highest BCUT2D eigenvalue weighted by atomic mass is 32.1. The lowest BCUT2D eigenvalue weighted by molar-refractivity contribution is 0.277. The number of H-pyrrole nitrogens is 1. The van der Waals surface area contributed by atoms with Gasteiger partial charge in [-0.05, 0) is 43.2 Å². The molecule has 1 aliphatic carbocycles. The summed E-state index contributed by atoms with van der Waals surface area (Å²) in [6.45, 7) is 0. The minimum absolute atomic E-state index is 0.0177. The van der Waals surface area contributed by atoms with Gasteiger partial charge in [-0.15, -0.1) is 11.3 Å². The van der Waals surface area contributed by atoms with Crippen LogP contribution in [-0.4, -0.2) is 19.7 Å². The molecular weight excluding hydrogens is 396 g/mol. The minimum Gasteiger partial charge on any atom is -0.338 e. The van der Waals surface area contributed by atoms with Gasteiger partial charge in [0.05, 0.1) is 23.5 Å². The Bertz CT molecular complexity index is 1270. The van der Waals surface area contributed by atoms with Gasteiger partial charge in [0.25, 0.3) is 5.56 Å². The first-order valence-electron chi connectivity index (χ1n) is 10.0. The molecule has 0 aliphatic heterocycles. The molecule has 1 aromatic carbocycles. The molecule has 2 unspecified atom stereocenters. The number of thiazole rings is 1. The van der Waals surface area contributed by atoms with Crippen LogP contribution in [0.2, 0.25) is 0 Å². The number of nitrogens with one attached hydrogen (secondary N) is 2. The zero-order valence-electron chi connectivity index (χ0n) is 16.2. The Kier molecular flexibility index (Phi) is 4.81. The molecule has 0 amide bonds. The fourth-order valence-corrected chi connectivity index (χ4v) is 4.84. The molecule has 3 aromatic heterocycles. The van der Waals surface area contributed by atoms with Crippen LogP contribution in [0.3, 0.4) is 0 Å². The zero-order valence-corrected chi connectivity index (χ0v) is 17.0. The number of pyridine rings is 1. The summed E-state index contributed by atoms with van der Waals surface area (Å²) in [6.07, 6.45) is 7.31. The van der Waals surface area contributed by atoms with E-state index in [0.717, 1.165) is 47.5 Å². The fraction of sp³-hybridized carbons (Fsp3) is 0.273. The number of nitrogens with zero attached hydrogens (tertiary/aromatic N) is 4. The zero-order chi connectivity index (χ0) is 20.5. The first-order valence-corrected chi connectivity index (χ1v) is 10.9. The van der Waals surface area contributed by atoms with Crippen LogP contribution in [-0.2, 0) is 0 Å². The highest BCUT2D eigenvalue weighted by Gasteiger charge is 2.29. The molecule has 1 saturated carbocycles. The highest BCUT2D eigenvalue weighted by Crippen LogP contribution is 2.36. The Morgan fingerprint density at radius 1 is 1.20 bits per heavy atom. The number of anilines is 2. The van der Waals surface area contributed by atoms with Crippen LogP contribution in [0.4, 0.5) is 11.5 Å². The standard InChI is InChI=1S/C22H20N6OS/c23-13-15-3-1-2-4-17(15)28-18-9-10-24-21(29)19(18)20(27-28)26-16-7-5-14(6-8-16)22-25-11-12-30-22/h5-12,15,17H,1-4H2,(H,24,29)(H,26,27). The number of rotatable bonds is 4. The number of aromatic nitrogens is 4. The van der Waals surface area contributed by atoms with Crippen LogP contribution in [0.5, 0.6) is 0 Å². The van der Waals surface area contributed by atoms with E-state index in [4.69, 9.17) is 5.10 Å². The molecule has 0 spiro atoms. The predicted molar refractivity (Wildman–Crippen MR) is 118 cm³/mol. The van der Waals surface area contributed by atoms with Crippen molar-refractivity contribution in [2.45, 2.75) is 31.7 Å². The van der Waals surface area contributed by atoms with E-state index in [1.165, 1.54) is 0 Å². The van der Waals surface area contributed by atoms with E-state index in [0.29, 0.717) is 11.2 Å². The number of benzene rings is 1. The highest BCUT2D eigenvalue weighted by molar-refractivity contribution is 7.13. The molecule has 2 N–H and O–H groups in total. The molecule has 2 atom stereocenters. The molecule has 1 aliphatic rings. The van der Waals surface area contributed by atoms with Crippen LogP contribution in [0.15, 0.2) is 52.9 Å². The van der Waals surface area contributed by atoms with Crippen molar-refractivity contribution < 1.29 is 0 Å². The van der Waals surface area contributed by atoms with Crippen molar-refractivity contribution >= 4 is 33.7 Å². The topological polar surface area (TPSA) is 99.4 Å². The third-order valence-corrected chi connectivity index (χ3v) is 6.49. The van der Waals surface area contributed by atoms with Crippen molar-refractivity contribution in [3.63, 3.8) is 0 Å². The first-order chi connectivity index (χ1) is 14.7. The van der Waals surface area contributed by atoms with Crippen molar-refractivity contribution in [1.82, 2.24) is 19.7 Å². The van der Waals surface area contributed by atoms with Gasteiger partial charge < -0.3 is 10.3 Å². The van der Waals surface area contributed by atoms with Gasteiger partial charge in [0.1, 0.15) is 10.4 Å². The molecule has 1 fully saturated rings. The SMILES string of the molecule is N#CC1CCCCC1n1nc(Nc2ccc(-c3nccs3)cc2)c2c(=O)[nH]ccc21. The lowest BCUT2D eigenvalue weighted by Crippen LogP contribution is -2.23. The molecule has 3 heterocycles. The van der Waals surface area contributed by atoms with Crippen molar-refractivity contribution in [2.75, 3.05) is 5.32 Å². The van der Waals surface area contributed by atoms with Gasteiger partial charge in [-0.3, -0.25) is 9.48 Å². The predicted octanol–water partition coefficient (Wildman–Crippen LogP) is 4.85. The largest absolute Gasteiger partial charge is 0.338 e. The third-order valence-electron chi connectivity index (χ3n) is 5.67. The smallest absolute Gasteiger partial charge is 0.261 e. The Morgan fingerprint density at radius 3 is 2.80 bits per heavy atom. The van der Waals surface area contributed by atoms with E-state index in [1.807, 2.05) is 40.4 Å². The van der Waals surface area contributed by atoms with Crippen molar-refractivity contribution in [2.24, 2.45) is 5.92 Å². The fourth-order valence-electron chi connectivity index (χ4n) is 4.19. The lowest BCUT2D eigenvalue weighted by Gasteiger charge is -2.27. The van der Waals surface area contributed by atoms with Gasteiger partial charge in [0.15, 0.2) is 5.82 Å². The van der Waals surface area contributed by atoms with E-state index < -0.39 is 0 Å². The maximum atomic E-state index is 12.6. The van der Waals surface area contributed by atoms with Crippen LogP contribution in [0.25, 0.3) is 21.5 Å². The lowest BCUT2D eigenvalue weighted by atomic mass is 9.85. The molecule has 0 bridgehead atoms. The summed E-state index contributed by atoms with van der Waals surface area (Å²) >= 11 is 1.59. The minimum atomic E-state index is -0.190. The molecule has 7 nitrogen and oxygen atoms in total. The van der Waals surface area contributed by atoms with Crippen molar-refractivity contribution in [1.29, 1.82) is 5.26 Å². The Balaban J connectivity index is 1.53. The number of hydrogen-bond acceptors (Lipinski definition) is 6. The quantitative estimate of drug-likeness (QED) is 0.496. The summed E-state index contributed by atoms with van der Waals surface area (Å²) in [5.74, 6) is 0.419. The molecule has 0 saturated heterocycles. The Labute approximate surface area is 177 Å². The molecular formula is C22H20N6OS. The number of aromatic amines is 1. The Morgan fingerprint density at radius 2 is 2.03 bits per heavy atom. The average molecular weight is 417 g/mol. The maximum absolute atomic E-state index is 12.6. The van der Waals surface area contributed by atoms with Gasteiger partial charge in [0, 0.05) is 29.0 Å². The average Bonchev–Trinajstić information content (AvgIpc) is 3.44. The van der Waals surface area contributed by atoms with E-state index in [1.54, 1.807) is 23.7 Å². The number of fused-ring (bicyclic) bond motifs is 1. The van der Waals surface area contributed by atoms with Gasteiger partial charge in [0.2, 0.25) is 0 Å². The molecule has 30 heavy (non-hydrogen) atoms. The van der Waals surface area contributed by atoms with E-state index >= 15 is 0 Å². The summed E-state index contributed by atoms with van der Waals surface area (Å²) in [5, 5.41) is 21.1. The van der Waals surface area contributed by atoms with Gasteiger partial charge in [-0.2, -0.15) is 10.4 Å². The second-order valence-corrected chi connectivity index (χ2v) is 8.38. The number of nitriles is 1. The third kappa shape index (κ3) is 3.27. The summed E-state index contributed by atoms with van der Waals surface area (Å²) in [4.78, 5) is 19.7. The summed E-state index contributed by atoms with van der Waals surface area (Å²) in [7, 11) is 0. The monoisotopic (exact) mass is 416 g/mol. The summed E-state index contributed by atoms with van der Waals surface area (Å²) < 4.78 is 1.88. The van der Waals surface area contributed by atoms with Crippen LogP contribution in [0, 0.1) is 17.2 Å². The summed E-state index contributed by atoms with van der Waals surface area (Å²) in [5.41, 5.74) is 2.45. The van der Waals surface area contributed by atoms with Crippen molar-refractivity contribution in [3.8, 4) is 16.6 Å². The normalized spacial score (nSPS) is 18.9. The molecule has 0 radical (unpaired) electrons. The van der Waals surface area contributed by atoms with Crippen LogP contribution >= 0.6 is 11.3 Å². The van der Waals surface area contributed by atoms with Crippen LogP contribution < -0.4 is 10.9 Å². The van der Waals surface area contributed by atoms with Gasteiger partial charge in [-0.25, -0.2) is 4.98 Å². The molecule has 5 rings (SSSR count). The Hall–Kier alpha value is -3.44. The maximum Gasteiger partial charge on any atom is 0.261 e. The second kappa shape index (κ2) is 7.76. The first kappa shape index (κ1) is 18.6. The molecule has 4 aromatic rings. The van der Waals surface area contributed by atoms with Crippen molar-refractivity contribution in [3.05, 3.63) is 58.5 Å². The van der Waals surface area contributed by atoms with Gasteiger partial charge in [-0.1, -0.05) is 12.8 Å². The molecule has 150 valence electrons.